The number of hydrogen-bond donors (Lipinski definition) is 1. The first-order chi connectivity index (χ1) is 9.00. The Morgan fingerprint density at radius 1 is 1.47 bits per heavy atom. The van der Waals surface area contributed by atoms with Crippen LogP contribution in [-0.2, 0) is 4.79 Å². The monoisotopic (exact) mass is 377 g/mol. The minimum atomic E-state index is -0.937. The van der Waals surface area contributed by atoms with Crippen LogP contribution in [0.5, 0.6) is 0 Å². The Bertz CT molecular complexity index is 500. The van der Waals surface area contributed by atoms with Gasteiger partial charge >= 0.3 is 5.97 Å². The first-order valence-corrected chi connectivity index (χ1v) is 7.05. The summed E-state index contributed by atoms with van der Waals surface area (Å²) in [6.45, 7) is 0.487. The van der Waals surface area contributed by atoms with Crippen molar-refractivity contribution in [2.75, 3.05) is 6.54 Å². The van der Waals surface area contributed by atoms with Gasteiger partial charge in [0.05, 0.1) is 12.0 Å². The molecule has 102 valence electrons. The molecular weight excluding hydrogens is 364 g/mol. The van der Waals surface area contributed by atoms with Gasteiger partial charge in [0.2, 0.25) is 0 Å². The van der Waals surface area contributed by atoms with E-state index in [0.717, 1.165) is 6.42 Å². The lowest BCUT2D eigenvalue weighted by Crippen LogP contribution is -2.37. The molecular formula is C13H13FINO3. The topological polar surface area (TPSA) is 57.6 Å². The summed E-state index contributed by atoms with van der Waals surface area (Å²) in [6.07, 6.45) is 1.33. The summed E-state index contributed by atoms with van der Waals surface area (Å²) in [7, 11) is 0. The minimum absolute atomic E-state index is 0.0420. The molecule has 1 N–H and O–H groups in total. The molecule has 4 nitrogen and oxygen atoms in total. The van der Waals surface area contributed by atoms with E-state index in [1.54, 1.807) is 12.1 Å². The number of carboxylic acid groups (broad SMARTS) is 1. The van der Waals surface area contributed by atoms with E-state index in [-0.39, 0.29) is 18.0 Å². The first kappa shape index (κ1) is 14.2. The standard InChI is InChI=1S/C13H13FINO3/c14-9-4-1-5-10(15)12(9)13(19)16-6-2-3-8(16)7-11(17)18/h1,4-5,8H,2-3,6-7H2,(H,17,18). The van der Waals surface area contributed by atoms with Gasteiger partial charge in [0, 0.05) is 16.2 Å². The van der Waals surface area contributed by atoms with Gasteiger partial charge in [-0.25, -0.2) is 4.39 Å². The molecule has 1 aromatic rings. The van der Waals surface area contributed by atoms with E-state index in [1.165, 1.54) is 11.0 Å². The quantitative estimate of drug-likeness (QED) is 0.824. The van der Waals surface area contributed by atoms with Gasteiger partial charge in [-0.1, -0.05) is 6.07 Å². The van der Waals surface area contributed by atoms with Crippen molar-refractivity contribution in [1.82, 2.24) is 4.90 Å². The number of carbonyl (C=O) groups is 2. The van der Waals surface area contributed by atoms with Gasteiger partial charge < -0.3 is 10.0 Å². The van der Waals surface area contributed by atoms with Crippen LogP contribution in [0.2, 0.25) is 0 Å². The first-order valence-electron chi connectivity index (χ1n) is 5.97. The molecule has 0 bridgehead atoms. The summed E-state index contributed by atoms with van der Waals surface area (Å²) in [4.78, 5) is 24.6. The molecule has 1 atom stereocenters. The highest BCUT2D eigenvalue weighted by Crippen LogP contribution is 2.25. The molecule has 6 heteroatoms. The van der Waals surface area contributed by atoms with Crippen LogP contribution in [0.4, 0.5) is 4.39 Å². The van der Waals surface area contributed by atoms with Gasteiger partial charge in [-0.3, -0.25) is 9.59 Å². The van der Waals surface area contributed by atoms with Crippen molar-refractivity contribution in [1.29, 1.82) is 0 Å². The molecule has 1 aliphatic heterocycles. The summed E-state index contributed by atoms with van der Waals surface area (Å²) in [6, 6.07) is 4.13. The Labute approximate surface area is 123 Å². The Morgan fingerprint density at radius 2 is 2.21 bits per heavy atom. The SMILES string of the molecule is O=C(O)CC1CCCN1C(=O)c1c(F)cccc1I. The highest BCUT2D eigenvalue weighted by Gasteiger charge is 2.32. The summed E-state index contributed by atoms with van der Waals surface area (Å²) >= 11 is 1.92. The van der Waals surface area contributed by atoms with Gasteiger partial charge in [-0.2, -0.15) is 0 Å². The maximum atomic E-state index is 13.8. The van der Waals surface area contributed by atoms with Crippen LogP contribution >= 0.6 is 22.6 Å². The largest absolute Gasteiger partial charge is 0.481 e. The summed E-state index contributed by atoms with van der Waals surface area (Å²) in [5.41, 5.74) is 0.0420. The van der Waals surface area contributed by atoms with Crippen molar-refractivity contribution >= 4 is 34.5 Å². The van der Waals surface area contributed by atoms with Crippen LogP contribution in [0, 0.1) is 9.39 Å². The van der Waals surface area contributed by atoms with Crippen molar-refractivity contribution in [2.45, 2.75) is 25.3 Å². The summed E-state index contributed by atoms with van der Waals surface area (Å²) in [5.74, 6) is -1.91. The lowest BCUT2D eigenvalue weighted by atomic mass is 10.1. The van der Waals surface area contributed by atoms with Crippen molar-refractivity contribution < 1.29 is 19.1 Å². The van der Waals surface area contributed by atoms with Crippen molar-refractivity contribution in [3.8, 4) is 0 Å². The van der Waals surface area contributed by atoms with Gasteiger partial charge in [0.1, 0.15) is 5.82 Å². The van der Waals surface area contributed by atoms with Crippen LogP contribution in [-0.4, -0.2) is 34.5 Å². The van der Waals surface area contributed by atoms with Crippen molar-refractivity contribution in [2.24, 2.45) is 0 Å². The van der Waals surface area contributed by atoms with E-state index in [2.05, 4.69) is 0 Å². The number of nitrogens with zero attached hydrogens (tertiary/aromatic N) is 1. The lowest BCUT2D eigenvalue weighted by Gasteiger charge is -2.24. The molecule has 0 spiro atoms. The van der Waals surface area contributed by atoms with Gasteiger partial charge in [-0.05, 0) is 47.6 Å². The van der Waals surface area contributed by atoms with E-state index in [1.807, 2.05) is 22.6 Å². The van der Waals surface area contributed by atoms with Crippen LogP contribution in [0.15, 0.2) is 18.2 Å². The second-order valence-corrected chi connectivity index (χ2v) is 5.65. The predicted molar refractivity (Wildman–Crippen MR) is 75.4 cm³/mol. The molecule has 19 heavy (non-hydrogen) atoms. The van der Waals surface area contributed by atoms with Crippen molar-refractivity contribution in [3.05, 3.63) is 33.1 Å². The third-order valence-corrected chi connectivity index (χ3v) is 4.12. The Balaban J connectivity index is 2.26. The second kappa shape index (κ2) is 5.85. The third kappa shape index (κ3) is 3.05. The molecule has 0 aliphatic carbocycles. The second-order valence-electron chi connectivity index (χ2n) is 4.49. The average molecular weight is 377 g/mol. The number of aliphatic carboxylic acids is 1. The Hall–Kier alpha value is -1.18. The van der Waals surface area contributed by atoms with Gasteiger partial charge in [0.15, 0.2) is 0 Å². The fourth-order valence-corrected chi connectivity index (χ4v) is 3.06. The molecule has 1 amide bonds. The molecule has 1 saturated heterocycles. The minimum Gasteiger partial charge on any atom is -0.481 e. The zero-order valence-electron chi connectivity index (χ0n) is 10.1. The van der Waals surface area contributed by atoms with Gasteiger partial charge in [-0.15, -0.1) is 0 Å². The zero-order valence-corrected chi connectivity index (χ0v) is 12.3. The number of amides is 1. The Morgan fingerprint density at radius 3 is 2.84 bits per heavy atom. The number of carbonyl (C=O) groups excluding carboxylic acids is 1. The van der Waals surface area contributed by atoms with E-state index in [9.17, 15) is 14.0 Å². The molecule has 0 aromatic heterocycles. The number of likely N-dealkylation sites (tertiary alicyclic amines) is 1. The van der Waals surface area contributed by atoms with Crippen LogP contribution < -0.4 is 0 Å². The zero-order chi connectivity index (χ0) is 14.0. The number of halogens is 2. The highest BCUT2D eigenvalue weighted by atomic mass is 127. The van der Waals surface area contributed by atoms with E-state index < -0.39 is 17.7 Å². The Kier molecular flexibility index (Phi) is 4.38. The van der Waals surface area contributed by atoms with Crippen LogP contribution in [0.1, 0.15) is 29.6 Å². The van der Waals surface area contributed by atoms with E-state index in [0.29, 0.717) is 16.5 Å². The molecule has 2 rings (SSSR count). The fraction of sp³-hybridized carbons (Fsp3) is 0.385. The lowest BCUT2D eigenvalue weighted by molar-refractivity contribution is -0.137. The molecule has 0 saturated carbocycles. The fourth-order valence-electron chi connectivity index (χ4n) is 2.36. The number of hydrogen-bond acceptors (Lipinski definition) is 2. The van der Waals surface area contributed by atoms with E-state index >= 15 is 0 Å². The van der Waals surface area contributed by atoms with Crippen molar-refractivity contribution in [3.63, 3.8) is 0 Å². The van der Waals surface area contributed by atoms with Gasteiger partial charge in [0.25, 0.3) is 5.91 Å². The normalized spacial score (nSPS) is 18.6. The molecule has 0 radical (unpaired) electrons. The number of benzene rings is 1. The third-order valence-electron chi connectivity index (χ3n) is 3.22. The molecule has 1 aliphatic rings. The molecule has 1 unspecified atom stereocenters. The molecule has 1 fully saturated rings. The smallest absolute Gasteiger partial charge is 0.305 e. The number of carboxylic acids is 1. The van der Waals surface area contributed by atoms with Crippen LogP contribution in [0.25, 0.3) is 0 Å². The van der Waals surface area contributed by atoms with Crippen LogP contribution in [0.3, 0.4) is 0 Å². The average Bonchev–Trinajstić information content (AvgIpc) is 2.75. The van der Waals surface area contributed by atoms with E-state index in [4.69, 9.17) is 5.11 Å². The molecule has 1 aromatic carbocycles. The maximum absolute atomic E-state index is 13.8. The highest BCUT2D eigenvalue weighted by molar-refractivity contribution is 14.1. The number of rotatable bonds is 3. The predicted octanol–water partition coefficient (Wildman–Crippen LogP) is 2.51. The maximum Gasteiger partial charge on any atom is 0.305 e. The molecule has 1 heterocycles. The summed E-state index contributed by atoms with van der Waals surface area (Å²) < 4.78 is 14.3. The summed E-state index contributed by atoms with van der Waals surface area (Å²) in [5, 5.41) is 8.84.